The molecule has 1 N–H and O–H groups in total. The van der Waals surface area contributed by atoms with Crippen molar-refractivity contribution in [1.82, 2.24) is 4.57 Å². The summed E-state index contributed by atoms with van der Waals surface area (Å²) in [5, 5.41) is 11.7. The number of hydrogen-bond donors (Lipinski definition) is 1. The molecular formula is C24H22FNO4S. The molecule has 3 aromatic carbocycles. The first kappa shape index (κ1) is 21.2. The van der Waals surface area contributed by atoms with Crippen LogP contribution in [0, 0.1) is 12.7 Å². The fraction of sp³-hybridized carbons (Fsp3) is 0.167. The number of aromatic nitrogens is 1. The summed E-state index contributed by atoms with van der Waals surface area (Å²) in [4.78, 5) is 0.0310. The predicted molar refractivity (Wildman–Crippen MR) is 117 cm³/mol. The van der Waals surface area contributed by atoms with Crippen molar-refractivity contribution in [3.63, 3.8) is 0 Å². The standard InChI is InChI=1S/C24H22FNO4S/c1-17-7-10-21(11-8-17)31(28,29)30-16-23(27)24(18-5-3-2-4-6-18)26-14-13-19-15-20(25)9-12-22(19)26/h2-15,23-24,27H,16H2,1H3/t23-,24+/m1/s1. The molecule has 0 aliphatic carbocycles. The number of hydrogen-bond acceptors (Lipinski definition) is 4. The molecule has 4 aromatic rings. The number of nitrogens with zero attached hydrogens (tertiary/aromatic N) is 1. The van der Waals surface area contributed by atoms with Gasteiger partial charge in [0.05, 0.1) is 17.5 Å². The highest BCUT2D eigenvalue weighted by Crippen LogP contribution is 2.29. The third-order valence-electron chi connectivity index (χ3n) is 5.19. The van der Waals surface area contributed by atoms with Gasteiger partial charge in [0.25, 0.3) is 10.1 Å². The van der Waals surface area contributed by atoms with E-state index in [-0.39, 0.29) is 10.7 Å². The summed E-state index contributed by atoms with van der Waals surface area (Å²) in [6, 6.07) is 21.1. The van der Waals surface area contributed by atoms with Gasteiger partial charge in [-0.25, -0.2) is 4.39 Å². The van der Waals surface area contributed by atoms with Gasteiger partial charge in [0.2, 0.25) is 0 Å². The van der Waals surface area contributed by atoms with Gasteiger partial charge >= 0.3 is 0 Å². The topological polar surface area (TPSA) is 68.5 Å². The van der Waals surface area contributed by atoms with Gasteiger partial charge in [-0.1, -0.05) is 48.0 Å². The maximum absolute atomic E-state index is 13.6. The lowest BCUT2D eigenvalue weighted by Crippen LogP contribution is -2.30. The summed E-state index contributed by atoms with van der Waals surface area (Å²) >= 11 is 0. The Hall–Kier alpha value is -3.00. The molecule has 0 fully saturated rings. The van der Waals surface area contributed by atoms with E-state index in [0.717, 1.165) is 16.6 Å². The zero-order valence-corrected chi connectivity index (χ0v) is 17.7. The predicted octanol–water partition coefficient (Wildman–Crippen LogP) is 4.44. The SMILES string of the molecule is Cc1ccc(S(=O)(=O)OC[C@@H](O)[C@H](c2ccccc2)n2ccc3cc(F)ccc32)cc1. The van der Waals surface area contributed by atoms with Crippen LogP contribution in [0.15, 0.2) is 90.0 Å². The van der Waals surface area contributed by atoms with E-state index < -0.39 is 28.9 Å². The number of fused-ring (bicyclic) bond motifs is 1. The van der Waals surface area contributed by atoms with Gasteiger partial charge in [-0.3, -0.25) is 4.18 Å². The molecule has 0 aliphatic heterocycles. The van der Waals surface area contributed by atoms with Crippen molar-refractivity contribution < 1.29 is 22.1 Å². The van der Waals surface area contributed by atoms with Gasteiger partial charge in [0.1, 0.15) is 11.9 Å². The van der Waals surface area contributed by atoms with E-state index in [1.165, 1.54) is 24.3 Å². The molecule has 5 nitrogen and oxygen atoms in total. The van der Waals surface area contributed by atoms with Crippen molar-refractivity contribution in [2.45, 2.75) is 24.0 Å². The lowest BCUT2D eigenvalue weighted by atomic mass is 10.0. The van der Waals surface area contributed by atoms with E-state index in [0.29, 0.717) is 5.39 Å². The van der Waals surface area contributed by atoms with Gasteiger partial charge in [0.15, 0.2) is 0 Å². The lowest BCUT2D eigenvalue weighted by molar-refractivity contribution is 0.0785. The van der Waals surface area contributed by atoms with E-state index >= 15 is 0 Å². The van der Waals surface area contributed by atoms with E-state index in [4.69, 9.17) is 4.18 Å². The summed E-state index contributed by atoms with van der Waals surface area (Å²) in [5.41, 5.74) is 2.42. The normalized spacial score (nSPS) is 13.9. The fourth-order valence-electron chi connectivity index (χ4n) is 3.62. The molecular weight excluding hydrogens is 417 g/mol. The summed E-state index contributed by atoms with van der Waals surface area (Å²) in [6.07, 6.45) is 0.572. The number of aliphatic hydroxyl groups excluding tert-OH is 1. The highest BCUT2D eigenvalue weighted by Gasteiger charge is 2.27. The smallest absolute Gasteiger partial charge is 0.297 e. The van der Waals surface area contributed by atoms with Crippen molar-refractivity contribution in [3.8, 4) is 0 Å². The first-order valence-corrected chi connectivity index (χ1v) is 11.2. The van der Waals surface area contributed by atoms with Crippen LogP contribution in [0.1, 0.15) is 17.2 Å². The van der Waals surface area contributed by atoms with Gasteiger partial charge < -0.3 is 9.67 Å². The molecule has 160 valence electrons. The van der Waals surface area contributed by atoms with Gasteiger partial charge in [-0.2, -0.15) is 8.42 Å². The Kier molecular flexibility index (Phi) is 5.91. The van der Waals surface area contributed by atoms with Crippen molar-refractivity contribution in [2.24, 2.45) is 0 Å². The average molecular weight is 440 g/mol. The first-order chi connectivity index (χ1) is 14.8. The molecule has 1 heterocycles. The van der Waals surface area contributed by atoms with Crippen molar-refractivity contribution in [3.05, 3.63) is 102 Å². The van der Waals surface area contributed by atoms with Crippen LogP contribution in [0.3, 0.4) is 0 Å². The Labute approximate surface area is 180 Å². The Balaban J connectivity index is 1.65. The summed E-state index contributed by atoms with van der Waals surface area (Å²) in [5.74, 6) is -0.352. The molecule has 0 unspecified atom stereocenters. The molecule has 0 radical (unpaired) electrons. The van der Waals surface area contributed by atoms with E-state index in [2.05, 4.69) is 0 Å². The molecule has 31 heavy (non-hydrogen) atoms. The minimum Gasteiger partial charge on any atom is -0.388 e. The summed E-state index contributed by atoms with van der Waals surface area (Å²) in [6.45, 7) is 1.43. The van der Waals surface area contributed by atoms with E-state index in [9.17, 15) is 17.9 Å². The molecule has 0 amide bonds. The third kappa shape index (κ3) is 4.54. The van der Waals surface area contributed by atoms with Crippen LogP contribution in [0.25, 0.3) is 10.9 Å². The maximum Gasteiger partial charge on any atom is 0.297 e. The molecule has 0 spiro atoms. The zero-order valence-electron chi connectivity index (χ0n) is 16.9. The van der Waals surface area contributed by atoms with Crippen LogP contribution in [0.4, 0.5) is 4.39 Å². The Morgan fingerprint density at radius 3 is 2.42 bits per heavy atom. The van der Waals surface area contributed by atoms with Gasteiger partial charge in [0, 0.05) is 17.1 Å². The number of rotatable bonds is 7. The minimum absolute atomic E-state index is 0.0310. The number of benzene rings is 3. The summed E-state index contributed by atoms with van der Waals surface area (Å²) < 4.78 is 45.7. The zero-order chi connectivity index (χ0) is 22.0. The minimum atomic E-state index is -4.02. The van der Waals surface area contributed by atoms with Crippen LogP contribution in [-0.4, -0.2) is 30.8 Å². The second kappa shape index (κ2) is 8.63. The number of aliphatic hydroxyl groups is 1. The van der Waals surface area contributed by atoms with Crippen molar-refractivity contribution in [2.75, 3.05) is 6.61 Å². The molecule has 0 saturated heterocycles. The van der Waals surface area contributed by atoms with Crippen LogP contribution in [0.2, 0.25) is 0 Å². The quantitative estimate of drug-likeness (QED) is 0.432. The Morgan fingerprint density at radius 2 is 1.71 bits per heavy atom. The monoisotopic (exact) mass is 439 g/mol. The lowest BCUT2D eigenvalue weighted by Gasteiger charge is -2.26. The molecule has 7 heteroatoms. The highest BCUT2D eigenvalue weighted by molar-refractivity contribution is 7.86. The Morgan fingerprint density at radius 1 is 1.00 bits per heavy atom. The highest BCUT2D eigenvalue weighted by atomic mass is 32.2. The van der Waals surface area contributed by atoms with Gasteiger partial charge in [-0.05, 0) is 48.9 Å². The maximum atomic E-state index is 13.6. The second-order valence-electron chi connectivity index (χ2n) is 7.40. The molecule has 2 atom stereocenters. The van der Waals surface area contributed by atoms with Crippen LogP contribution >= 0.6 is 0 Å². The molecule has 0 aliphatic rings. The van der Waals surface area contributed by atoms with Crippen molar-refractivity contribution in [1.29, 1.82) is 0 Å². The Bertz CT molecular complexity index is 1280. The molecule has 1 aromatic heterocycles. The number of halogens is 1. The summed E-state index contributed by atoms with van der Waals surface area (Å²) in [7, 11) is -4.02. The number of aryl methyl sites for hydroxylation is 1. The fourth-order valence-corrected chi connectivity index (χ4v) is 4.54. The first-order valence-electron chi connectivity index (χ1n) is 9.80. The largest absolute Gasteiger partial charge is 0.388 e. The molecule has 0 saturated carbocycles. The van der Waals surface area contributed by atoms with Crippen LogP contribution < -0.4 is 0 Å². The second-order valence-corrected chi connectivity index (χ2v) is 9.02. The molecule has 4 rings (SSSR count). The van der Waals surface area contributed by atoms with Crippen LogP contribution in [0.5, 0.6) is 0 Å². The van der Waals surface area contributed by atoms with Crippen LogP contribution in [-0.2, 0) is 14.3 Å². The third-order valence-corrected chi connectivity index (χ3v) is 6.49. The average Bonchev–Trinajstić information content (AvgIpc) is 3.16. The van der Waals surface area contributed by atoms with Gasteiger partial charge in [-0.15, -0.1) is 0 Å². The van der Waals surface area contributed by atoms with E-state index in [1.54, 1.807) is 35.0 Å². The van der Waals surface area contributed by atoms with Crippen molar-refractivity contribution >= 4 is 21.0 Å². The van der Waals surface area contributed by atoms with E-state index in [1.807, 2.05) is 37.3 Å². The molecule has 0 bridgehead atoms.